The first-order valence-corrected chi connectivity index (χ1v) is 13.0. The molecule has 2 heterocycles. The molecule has 2 aliphatic rings. The normalized spacial score (nSPS) is 21.1. The van der Waals surface area contributed by atoms with Crippen molar-refractivity contribution in [1.82, 2.24) is 10.6 Å². The van der Waals surface area contributed by atoms with Crippen molar-refractivity contribution in [2.24, 2.45) is 0 Å². The third kappa shape index (κ3) is 6.96. The van der Waals surface area contributed by atoms with Crippen molar-refractivity contribution >= 4 is 46.5 Å². The first kappa shape index (κ1) is 28.2. The zero-order valence-corrected chi connectivity index (χ0v) is 22.4. The fourth-order valence-electron chi connectivity index (χ4n) is 5.03. The monoisotopic (exact) mass is 572 g/mol. The van der Waals surface area contributed by atoms with Gasteiger partial charge in [-0.15, -0.1) is 0 Å². The fraction of sp³-hybridized carbons (Fsp3) is 0.462. The van der Waals surface area contributed by atoms with Gasteiger partial charge in [-0.25, -0.2) is 4.79 Å². The second-order valence-corrected chi connectivity index (χ2v) is 10.9. The highest BCUT2D eigenvalue weighted by Crippen LogP contribution is 2.40. The summed E-state index contributed by atoms with van der Waals surface area (Å²) in [7, 11) is 0. The maximum Gasteiger partial charge on any atom is 0.405 e. The molecule has 0 aliphatic carbocycles. The highest BCUT2D eigenvalue weighted by molar-refractivity contribution is 6.35. The molecule has 2 saturated heterocycles. The molecule has 7 nitrogen and oxygen atoms in total. The lowest BCUT2D eigenvalue weighted by Gasteiger charge is -2.41. The van der Waals surface area contributed by atoms with E-state index in [0.717, 1.165) is 31.4 Å². The van der Waals surface area contributed by atoms with Gasteiger partial charge in [-0.2, -0.15) is 13.2 Å². The molecule has 1 unspecified atom stereocenters. The Morgan fingerprint density at radius 3 is 2.24 bits per heavy atom. The van der Waals surface area contributed by atoms with Gasteiger partial charge >= 0.3 is 12.2 Å². The average molecular weight is 573 g/mol. The average Bonchev–Trinajstić information content (AvgIpc) is 3.09. The minimum atomic E-state index is -4.47. The van der Waals surface area contributed by atoms with Crippen molar-refractivity contribution in [3.05, 3.63) is 52.5 Å². The van der Waals surface area contributed by atoms with Crippen LogP contribution in [-0.4, -0.2) is 48.4 Å². The van der Waals surface area contributed by atoms with Crippen LogP contribution in [0.1, 0.15) is 39.5 Å². The van der Waals surface area contributed by atoms with E-state index in [2.05, 4.69) is 15.5 Å². The van der Waals surface area contributed by atoms with E-state index in [9.17, 15) is 22.8 Å². The molecule has 3 atom stereocenters. The molecule has 206 valence electrons. The van der Waals surface area contributed by atoms with Gasteiger partial charge in [-0.05, 0) is 82.0 Å². The van der Waals surface area contributed by atoms with Crippen LogP contribution in [0.4, 0.5) is 29.3 Å². The van der Waals surface area contributed by atoms with E-state index < -0.39 is 24.4 Å². The maximum absolute atomic E-state index is 13.1. The first-order chi connectivity index (χ1) is 17.8. The van der Waals surface area contributed by atoms with Gasteiger partial charge in [-0.3, -0.25) is 4.79 Å². The van der Waals surface area contributed by atoms with Crippen LogP contribution < -0.4 is 25.6 Å². The molecule has 0 aromatic heterocycles. The van der Waals surface area contributed by atoms with Crippen molar-refractivity contribution in [1.29, 1.82) is 0 Å². The summed E-state index contributed by atoms with van der Waals surface area (Å²) < 4.78 is 42.8. The zero-order valence-electron chi connectivity index (χ0n) is 20.9. The van der Waals surface area contributed by atoms with E-state index in [-0.39, 0.29) is 24.0 Å². The Morgan fingerprint density at radius 2 is 1.66 bits per heavy atom. The lowest BCUT2D eigenvalue weighted by atomic mass is 9.95. The van der Waals surface area contributed by atoms with Crippen LogP contribution in [0.2, 0.25) is 10.0 Å². The van der Waals surface area contributed by atoms with Gasteiger partial charge in [0.2, 0.25) is 0 Å². The summed E-state index contributed by atoms with van der Waals surface area (Å²) in [6.45, 7) is 1.98. The molecule has 2 bridgehead atoms. The van der Waals surface area contributed by atoms with Crippen LogP contribution in [-0.2, 0) is 4.79 Å². The smallest absolute Gasteiger partial charge is 0.405 e. The number of hydrogen-bond donors (Lipinski definition) is 3. The number of benzene rings is 2. The molecule has 2 fully saturated rings. The lowest BCUT2D eigenvalue weighted by Crippen LogP contribution is -2.55. The number of nitrogens with zero attached hydrogens (tertiary/aromatic N) is 1. The molecule has 0 spiro atoms. The van der Waals surface area contributed by atoms with Gasteiger partial charge in [0.05, 0.1) is 5.02 Å². The van der Waals surface area contributed by atoms with Gasteiger partial charge in [0.15, 0.2) is 5.60 Å². The van der Waals surface area contributed by atoms with E-state index in [1.807, 2.05) is 12.1 Å². The maximum atomic E-state index is 13.1. The third-order valence-electron chi connectivity index (χ3n) is 6.75. The number of amides is 3. The Balaban J connectivity index is 1.33. The van der Waals surface area contributed by atoms with Crippen molar-refractivity contribution in [2.75, 3.05) is 16.8 Å². The molecule has 2 aromatic carbocycles. The third-order valence-corrected chi connectivity index (χ3v) is 7.28. The number of rotatable bonds is 7. The van der Waals surface area contributed by atoms with Crippen LogP contribution in [0, 0.1) is 0 Å². The van der Waals surface area contributed by atoms with Crippen molar-refractivity contribution in [3.8, 4) is 5.75 Å². The van der Waals surface area contributed by atoms with Crippen molar-refractivity contribution < 1.29 is 27.5 Å². The number of urea groups is 1. The number of hydrogen-bond acceptors (Lipinski definition) is 4. The number of ether oxygens (including phenoxy) is 1. The fourth-order valence-corrected chi connectivity index (χ4v) is 5.47. The lowest BCUT2D eigenvalue weighted by molar-refractivity contribution is -0.135. The van der Waals surface area contributed by atoms with E-state index in [1.54, 1.807) is 49.5 Å². The van der Waals surface area contributed by atoms with E-state index >= 15 is 0 Å². The SMILES string of the molecule is CC(C)(Oc1ccc(Cl)cc1Cl)C(=O)NC1C[C@H]2CC[C@@H](C1)N2c1ccc(NC(=O)NCC(F)(F)F)cc1. The summed E-state index contributed by atoms with van der Waals surface area (Å²) in [5, 5.41) is 8.13. The Labute approximate surface area is 229 Å². The largest absolute Gasteiger partial charge is 0.476 e. The topological polar surface area (TPSA) is 82.7 Å². The van der Waals surface area contributed by atoms with E-state index in [1.165, 1.54) is 0 Å². The standard InChI is InChI=1S/C26H29Cl2F3N4O3/c1-25(2,38-22-10-3-15(27)11-21(22)28)23(36)33-17-12-19-8-9-20(13-17)35(19)18-6-4-16(5-7-18)34-24(37)32-14-26(29,30)31/h3-7,10-11,17,19-20H,8-9,12-14H2,1-2H3,(H,33,36)(H2,32,34,37)/t17?,19-,20+. The van der Waals surface area contributed by atoms with Gasteiger partial charge < -0.3 is 25.6 Å². The highest BCUT2D eigenvalue weighted by atomic mass is 35.5. The second kappa shape index (κ2) is 11.1. The van der Waals surface area contributed by atoms with Gasteiger partial charge in [0, 0.05) is 34.5 Å². The summed E-state index contributed by atoms with van der Waals surface area (Å²) in [4.78, 5) is 27.1. The van der Waals surface area contributed by atoms with Gasteiger partial charge in [0.1, 0.15) is 12.3 Å². The van der Waals surface area contributed by atoms with Gasteiger partial charge in [-0.1, -0.05) is 23.2 Å². The van der Waals surface area contributed by atoms with E-state index in [0.29, 0.717) is 21.5 Å². The Bertz CT molecular complexity index is 1160. The molecular weight excluding hydrogens is 544 g/mol. The second-order valence-electron chi connectivity index (χ2n) is 10.1. The zero-order chi connectivity index (χ0) is 27.7. The quantitative estimate of drug-likeness (QED) is 0.371. The highest BCUT2D eigenvalue weighted by Gasteiger charge is 2.42. The number of carbonyl (C=O) groups is 2. The molecule has 12 heteroatoms. The molecule has 38 heavy (non-hydrogen) atoms. The number of fused-ring (bicyclic) bond motifs is 2. The van der Waals surface area contributed by atoms with Crippen LogP contribution in [0.3, 0.4) is 0 Å². The molecular formula is C26H29Cl2F3N4O3. The molecule has 2 aromatic rings. The van der Waals surface area contributed by atoms with E-state index in [4.69, 9.17) is 27.9 Å². The first-order valence-electron chi connectivity index (χ1n) is 12.3. The summed E-state index contributed by atoms with van der Waals surface area (Å²) in [6, 6.07) is 11.4. The van der Waals surface area contributed by atoms with Gasteiger partial charge in [0.25, 0.3) is 5.91 Å². The Morgan fingerprint density at radius 1 is 1.03 bits per heavy atom. The van der Waals surface area contributed by atoms with Crippen LogP contribution in [0.5, 0.6) is 5.75 Å². The minimum absolute atomic E-state index is 0.0157. The number of halogens is 5. The summed E-state index contributed by atoms with van der Waals surface area (Å²) in [5.41, 5.74) is 0.207. The van der Waals surface area contributed by atoms with Crippen molar-refractivity contribution in [3.63, 3.8) is 0 Å². The molecule has 2 aliphatic heterocycles. The molecule has 3 amide bonds. The molecule has 4 rings (SSSR count). The van der Waals surface area contributed by atoms with Crippen LogP contribution >= 0.6 is 23.2 Å². The number of alkyl halides is 3. The summed E-state index contributed by atoms with van der Waals surface area (Å²) in [6.07, 6.45) is -0.979. The predicted octanol–water partition coefficient (Wildman–Crippen LogP) is 6.15. The Kier molecular flexibility index (Phi) is 8.23. The molecule has 0 saturated carbocycles. The van der Waals surface area contributed by atoms with Crippen LogP contribution in [0.25, 0.3) is 0 Å². The molecule has 0 radical (unpaired) electrons. The predicted molar refractivity (Wildman–Crippen MR) is 141 cm³/mol. The van der Waals surface area contributed by atoms with Crippen LogP contribution in [0.15, 0.2) is 42.5 Å². The number of anilines is 2. The Hall–Kier alpha value is -2.85. The van der Waals surface area contributed by atoms with Crippen molar-refractivity contribution in [2.45, 2.75) is 69.4 Å². The summed E-state index contributed by atoms with van der Waals surface area (Å²) in [5.74, 6) is 0.141. The number of piperidine rings is 1. The minimum Gasteiger partial charge on any atom is -0.476 e. The molecule has 3 N–H and O–H groups in total. The number of carbonyl (C=O) groups excluding carboxylic acids is 2. The number of nitrogens with one attached hydrogen (secondary N) is 3. The summed E-state index contributed by atoms with van der Waals surface area (Å²) >= 11 is 12.2.